The second-order valence-electron chi connectivity index (χ2n) is 10.5. The summed E-state index contributed by atoms with van der Waals surface area (Å²) in [6.07, 6.45) is 0. The molecule has 0 saturated heterocycles. The Labute approximate surface area is 221 Å². The van der Waals surface area contributed by atoms with E-state index in [1.807, 2.05) is 13.8 Å². The molecule has 0 rings (SSSR count). The Morgan fingerprint density at radius 3 is 0.697 bits per heavy atom. The van der Waals surface area contributed by atoms with Gasteiger partial charge >= 0.3 is 183 Å². The van der Waals surface area contributed by atoms with Gasteiger partial charge in [0, 0.05) is 13.2 Å². The van der Waals surface area contributed by atoms with E-state index in [1.54, 1.807) is 0 Å². The summed E-state index contributed by atoms with van der Waals surface area (Å²) >= 11 is -5.18. The van der Waals surface area contributed by atoms with Gasteiger partial charge < -0.3 is 4.74 Å². The number of hydrogen-bond acceptors (Lipinski definition) is 8. The molecule has 0 unspecified atom stereocenters. The van der Waals surface area contributed by atoms with Crippen molar-refractivity contribution in [3.8, 4) is 0 Å². The molecular formula is C23H65N7OSn2. The van der Waals surface area contributed by atoms with E-state index in [0.29, 0.717) is 3.43 Å². The van der Waals surface area contributed by atoms with Crippen LogP contribution in [0.3, 0.4) is 0 Å². The predicted molar refractivity (Wildman–Crippen MR) is 156 cm³/mol. The molecule has 0 fully saturated rings. The van der Waals surface area contributed by atoms with Gasteiger partial charge in [-0.05, 0) is 13.8 Å². The zero-order valence-electron chi connectivity index (χ0n) is 25.5. The minimum atomic E-state index is -2.59. The SMILES string of the molecule is C.CCOCC.C[N](C)[Sn]([N](C)C)([N](C)C)[C](C)(C)C.C[N](C)[Sn]([N](C)C)([N](C)C)[N](C)C. The number of ether oxygens (including phenoxy) is 1. The quantitative estimate of drug-likeness (QED) is 0.342. The van der Waals surface area contributed by atoms with Gasteiger partial charge in [-0.25, -0.2) is 0 Å². The number of hydrogen-bond donors (Lipinski definition) is 0. The summed E-state index contributed by atoms with van der Waals surface area (Å²) in [5.41, 5.74) is 0. The second kappa shape index (κ2) is 18.5. The third-order valence-electron chi connectivity index (χ3n) is 5.69. The van der Waals surface area contributed by atoms with Crippen molar-refractivity contribution in [1.29, 1.82) is 0 Å². The zero-order valence-corrected chi connectivity index (χ0v) is 31.2. The molecule has 0 bridgehead atoms. The first-order chi connectivity index (χ1) is 14.3. The maximum atomic E-state index is 4.83. The van der Waals surface area contributed by atoms with Crippen LogP contribution in [0.1, 0.15) is 42.0 Å². The van der Waals surface area contributed by atoms with E-state index in [-0.39, 0.29) is 7.43 Å². The molecule has 0 saturated carbocycles. The zero-order chi connectivity index (χ0) is 26.7. The van der Waals surface area contributed by atoms with Crippen molar-refractivity contribution in [2.24, 2.45) is 0 Å². The van der Waals surface area contributed by atoms with Crippen LogP contribution in [0.5, 0.6) is 0 Å². The number of rotatable bonds is 9. The van der Waals surface area contributed by atoms with Crippen LogP contribution in [-0.2, 0) is 4.74 Å². The molecule has 0 N–H and O–H groups in total. The predicted octanol–water partition coefficient (Wildman–Crippen LogP) is 2.76. The molecule has 0 spiro atoms. The molecule has 0 radical (unpaired) electrons. The van der Waals surface area contributed by atoms with Crippen LogP contribution in [0, 0.1) is 0 Å². The van der Waals surface area contributed by atoms with Crippen LogP contribution in [0.25, 0.3) is 0 Å². The molecule has 0 aromatic heterocycles. The van der Waals surface area contributed by atoms with Crippen molar-refractivity contribution >= 4 is 38.7 Å². The van der Waals surface area contributed by atoms with Crippen LogP contribution in [-0.4, -0.2) is 172 Å². The molecule has 0 amide bonds. The van der Waals surface area contributed by atoms with E-state index in [2.05, 4.69) is 141 Å². The maximum absolute atomic E-state index is 4.83. The molecule has 0 aromatic carbocycles. The van der Waals surface area contributed by atoms with E-state index >= 15 is 0 Å². The van der Waals surface area contributed by atoms with Gasteiger partial charge in [-0.1, -0.05) is 7.43 Å². The van der Waals surface area contributed by atoms with Gasteiger partial charge in [-0.2, -0.15) is 0 Å². The standard InChI is InChI=1S/C4H10O.C4H9.7C2H6N.CH4.2Sn/c1-3-5-4-2;1-4(2)3;7*1-3-2;;;/h3-4H2,1-2H3;1-3H3;7*1-2H3;1H4;;/q;;7*-1;;+3;+4. The third kappa shape index (κ3) is 11.1. The first-order valence-corrected chi connectivity index (χ1v) is 21.9. The van der Waals surface area contributed by atoms with E-state index < -0.39 is 38.7 Å². The van der Waals surface area contributed by atoms with Gasteiger partial charge in [0.25, 0.3) is 0 Å². The van der Waals surface area contributed by atoms with Gasteiger partial charge in [0.1, 0.15) is 0 Å². The summed E-state index contributed by atoms with van der Waals surface area (Å²) in [7, 11) is 30.8. The molecule has 0 heterocycles. The van der Waals surface area contributed by atoms with Crippen molar-refractivity contribution in [2.75, 3.05) is 112 Å². The van der Waals surface area contributed by atoms with E-state index in [4.69, 9.17) is 4.74 Å². The number of nitrogens with zero attached hydrogens (tertiary/aromatic N) is 7. The Kier molecular flexibility index (Phi) is 23.2. The van der Waals surface area contributed by atoms with Crippen LogP contribution in [0.15, 0.2) is 0 Å². The molecule has 8 nitrogen and oxygen atoms in total. The van der Waals surface area contributed by atoms with Gasteiger partial charge in [0.2, 0.25) is 0 Å². The Hall–Kier alpha value is 1.28. The first kappa shape index (κ1) is 41.4. The van der Waals surface area contributed by atoms with Crippen LogP contribution < -0.4 is 0 Å². The fourth-order valence-corrected chi connectivity index (χ4v) is 37.9. The molecular weight excluding hydrogens is 628 g/mol. The Balaban J connectivity index is -0.000000207. The molecule has 10 heteroatoms. The third-order valence-corrected chi connectivity index (χ3v) is 35.8. The summed E-state index contributed by atoms with van der Waals surface area (Å²) in [6.45, 7) is 12.8. The van der Waals surface area contributed by atoms with Crippen molar-refractivity contribution in [3.05, 3.63) is 0 Å². The summed E-state index contributed by atoms with van der Waals surface area (Å²) in [4.78, 5) is 0. The fraction of sp³-hybridized carbons (Fsp3) is 1.00. The second-order valence-corrected chi connectivity index (χ2v) is 39.7. The Morgan fingerprint density at radius 2 is 0.697 bits per heavy atom. The molecule has 0 aliphatic carbocycles. The molecule has 0 aromatic rings. The average molecular weight is 693 g/mol. The molecule has 0 aliphatic rings. The molecule has 0 atom stereocenters. The minimum absolute atomic E-state index is 0. The topological polar surface area (TPSA) is 31.9 Å². The van der Waals surface area contributed by atoms with Crippen molar-refractivity contribution in [3.63, 3.8) is 0 Å². The van der Waals surface area contributed by atoms with Crippen molar-refractivity contribution < 1.29 is 4.74 Å². The van der Waals surface area contributed by atoms with Crippen LogP contribution in [0.4, 0.5) is 0 Å². The van der Waals surface area contributed by atoms with Gasteiger partial charge in [0.15, 0.2) is 0 Å². The fourth-order valence-electron chi connectivity index (χ4n) is 5.82. The molecule has 0 aliphatic heterocycles. The first-order valence-electron chi connectivity index (χ1n) is 11.6. The molecule has 206 valence electrons. The van der Waals surface area contributed by atoms with Crippen molar-refractivity contribution in [2.45, 2.75) is 45.5 Å². The van der Waals surface area contributed by atoms with E-state index in [9.17, 15) is 0 Å². The van der Waals surface area contributed by atoms with Crippen LogP contribution in [0.2, 0.25) is 3.43 Å². The van der Waals surface area contributed by atoms with Gasteiger partial charge in [0.05, 0.1) is 0 Å². The van der Waals surface area contributed by atoms with Crippen LogP contribution >= 0.6 is 0 Å². The summed E-state index contributed by atoms with van der Waals surface area (Å²) < 4.78 is 22.2. The summed E-state index contributed by atoms with van der Waals surface area (Å²) in [5.74, 6) is 0. The van der Waals surface area contributed by atoms with E-state index in [1.165, 1.54) is 0 Å². The van der Waals surface area contributed by atoms with Crippen molar-refractivity contribution in [1.82, 2.24) is 21.9 Å². The molecule has 33 heavy (non-hydrogen) atoms. The Morgan fingerprint density at radius 1 is 0.485 bits per heavy atom. The van der Waals surface area contributed by atoms with Gasteiger partial charge in [-0.3, -0.25) is 0 Å². The Bertz CT molecular complexity index is 405. The average Bonchev–Trinajstić information content (AvgIpc) is 2.53. The summed E-state index contributed by atoms with van der Waals surface area (Å²) in [5, 5.41) is 0. The normalized spacial score (nSPS) is 12.9. The van der Waals surface area contributed by atoms with E-state index in [0.717, 1.165) is 13.2 Å². The monoisotopic (exact) mass is 695 g/mol. The van der Waals surface area contributed by atoms with Gasteiger partial charge in [-0.15, -0.1) is 0 Å². The summed E-state index contributed by atoms with van der Waals surface area (Å²) in [6, 6.07) is 0.